The van der Waals surface area contributed by atoms with Crippen molar-refractivity contribution >= 4 is 23.2 Å². The summed E-state index contributed by atoms with van der Waals surface area (Å²) in [4.78, 5) is 27.5. The molecule has 176 valence electrons. The number of hydrogen-bond donors (Lipinski definition) is 1. The molecule has 2 amide bonds. The van der Waals surface area contributed by atoms with Crippen molar-refractivity contribution < 1.29 is 14.3 Å². The minimum atomic E-state index is -0.271. The Morgan fingerprint density at radius 3 is 2.46 bits per heavy atom. The summed E-state index contributed by atoms with van der Waals surface area (Å²) >= 11 is 0. The average Bonchev–Trinajstić information content (AvgIpc) is 3.51. The fourth-order valence-electron chi connectivity index (χ4n) is 4.33. The summed E-state index contributed by atoms with van der Waals surface area (Å²) in [5.41, 5.74) is 4.29. The number of hydrogen-bond acceptors (Lipinski definition) is 4. The van der Waals surface area contributed by atoms with Gasteiger partial charge in [0.25, 0.3) is 5.91 Å². The molecule has 1 aliphatic rings. The molecule has 1 aliphatic heterocycles. The molecule has 3 aromatic carbocycles. The molecule has 0 spiro atoms. The summed E-state index contributed by atoms with van der Waals surface area (Å²) in [6.45, 7) is 1.19. The van der Waals surface area contributed by atoms with Gasteiger partial charge in [0.15, 0.2) is 0 Å². The number of amides is 2. The molecule has 1 fully saturated rings. The predicted octanol–water partition coefficient (Wildman–Crippen LogP) is 4.99. The van der Waals surface area contributed by atoms with Crippen molar-refractivity contribution in [2.24, 2.45) is 0 Å². The van der Waals surface area contributed by atoms with E-state index in [1.54, 1.807) is 41.1 Å². The Bertz CT molecular complexity index is 1350. The van der Waals surface area contributed by atoms with Gasteiger partial charge in [-0.2, -0.15) is 5.10 Å². The highest BCUT2D eigenvalue weighted by Gasteiger charge is 2.25. The van der Waals surface area contributed by atoms with E-state index in [-0.39, 0.29) is 11.8 Å². The number of nitrogens with one attached hydrogen (secondary N) is 1. The van der Waals surface area contributed by atoms with Crippen molar-refractivity contribution in [1.82, 2.24) is 9.78 Å². The number of nitrogens with zero attached hydrogens (tertiary/aromatic N) is 3. The first-order valence-corrected chi connectivity index (χ1v) is 11.6. The maximum atomic E-state index is 13.4. The Balaban J connectivity index is 1.46. The lowest BCUT2D eigenvalue weighted by atomic mass is 10.1. The molecule has 1 saturated heterocycles. The Hall–Kier alpha value is -4.39. The maximum absolute atomic E-state index is 13.4. The van der Waals surface area contributed by atoms with E-state index in [9.17, 15) is 9.59 Å². The number of anilines is 2. The van der Waals surface area contributed by atoms with Crippen LogP contribution < -0.4 is 15.0 Å². The van der Waals surface area contributed by atoms with Crippen LogP contribution in [0.3, 0.4) is 0 Å². The Morgan fingerprint density at radius 1 is 1.03 bits per heavy atom. The molecule has 0 radical (unpaired) electrons. The van der Waals surface area contributed by atoms with E-state index in [2.05, 4.69) is 5.32 Å². The fourth-order valence-corrected chi connectivity index (χ4v) is 4.33. The van der Waals surface area contributed by atoms with Crippen LogP contribution in [0.5, 0.6) is 5.75 Å². The third-order valence-electron chi connectivity index (χ3n) is 6.04. The van der Waals surface area contributed by atoms with Gasteiger partial charge in [0, 0.05) is 30.4 Å². The van der Waals surface area contributed by atoms with E-state index in [4.69, 9.17) is 9.84 Å². The molecule has 4 aromatic rings. The summed E-state index contributed by atoms with van der Waals surface area (Å²) in [7, 11) is 1.57. The molecule has 1 aromatic heterocycles. The zero-order chi connectivity index (χ0) is 24.2. The largest absolute Gasteiger partial charge is 0.495 e. The number of methoxy groups -OCH3 is 1. The van der Waals surface area contributed by atoms with Gasteiger partial charge in [-0.3, -0.25) is 14.3 Å². The number of carbonyl (C=O) groups excluding carboxylic acids is 2. The fraction of sp³-hybridized carbons (Fsp3) is 0.179. The zero-order valence-electron chi connectivity index (χ0n) is 19.5. The van der Waals surface area contributed by atoms with Gasteiger partial charge in [-0.1, -0.05) is 60.7 Å². The minimum Gasteiger partial charge on any atom is -0.495 e. The van der Waals surface area contributed by atoms with E-state index in [0.717, 1.165) is 17.5 Å². The van der Waals surface area contributed by atoms with Crippen LogP contribution in [0.1, 0.15) is 28.8 Å². The van der Waals surface area contributed by atoms with Crippen LogP contribution in [0.4, 0.5) is 11.4 Å². The lowest BCUT2D eigenvalue weighted by Crippen LogP contribution is -2.24. The number of aromatic nitrogens is 2. The molecule has 1 N–H and O–H groups in total. The van der Waals surface area contributed by atoms with Crippen molar-refractivity contribution in [1.29, 1.82) is 0 Å². The second-order valence-electron chi connectivity index (χ2n) is 8.43. The van der Waals surface area contributed by atoms with Gasteiger partial charge in [-0.05, 0) is 30.2 Å². The van der Waals surface area contributed by atoms with Crippen LogP contribution in [-0.2, 0) is 11.3 Å². The number of ether oxygens (including phenoxy) is 1. The van der Waals surface area contributed by atoms with Gasteiger partial charge in [0.2, 0.25) is 5.91 Å². The first-order chi connectivity index (χ1) is 17.1. The van der Waals surface area contributed by atoms with Crippen molar-refractivity contribution in [2.45, 2.75) is 19.4 Å². The minimum absolute atomic E-state index is 0.0559. The van der Waals surface area contributed by atoms with Crippen molar-refractivity contribution in [3.63, 3.8) is 0 Å². The first-order valence-electron chi connectivity index (χ1n) is 11.6. The van der Waals surface area contributed by atoms with E-state index in [0.29, 0.717) is 47.9 Å². The Labute approximate surface area is 204 Å². The van der Waals surface area contributed by atoms with E-state index < -0.39 is 0 Å². The second-order valence-corrected chi connectivity index (χ2v) is 8.43. The van der Waals surface area contributed by atoms with Gasteiger partial charge >= 0.3 is 0 Å². The third kappa shape index (κ3) is 4.80. The van der Waals surface area contributed by atoms with E-state index >= 15 is 0 Å². The van der Waals surface area contributed by atoms with Gasteiger partial charge in [0.1, 0.15) is 11.4 Å². The first kappa shape index (κ1) is 22.4. The molecule has 7 nitrogen and oxygen atoms in total. The standard InChI is InChI=1S/C28H26N4O3/c1-35-25-15-14-22(17-24(25)32-16-8-13-26(32)33)29-28(34)23-19-31(18-20-9-4-2-5-10-20)30-27(23)21-11-6-3-7-12-21/h2-7,9-12,14-15,17,19H,8,13,16,18H2,1H3,(H,29,34). The summed E-state index contributed by atoms with van der Waals surface area (Å²) in [5.74, 6) is 0.381. The van der Waals surface area contributed by atoms with Crippen molar-refractivity contribution in [2.75, 3.05) is 23.9 Å². The highest BCUT2D eigenvalue weighted by atomic mass is 16.5. The molecule has 0 saturated carbocycles. The van der Waals surface area contributed by atoms with Gasteiger partial charge in [-0.15, -0.1) is 0 Å². The van der Waals surface area contributed by atoms with Crippen LogP contribution in [0.15, 0.2) is 85.1 Å². The Morgan fingerprint density at radius 2 is 1.77 bits per heavy atom. The smallest absolute Gasteiger partial charge is 0.259 e. The van der Waals surface area contributed by atoms with Crippen molar-refractivity contribution in [3.05, 3.63) is 96.2 Å². The number of benzene rings is 3. The molecule has 5 rings (SSSR count). The van der Waals surface area contributed by atoms with Crippen LogP contribution in [0, 0.1) is 0 Å². The van der Waals surface area contributed by atoms with Gasteiger partial charge in [0.05, 0.1) is 24.9 Å². The average molecular weight is 467 g/mol. The van der Waals surface area contributed by atoms with Crippen LogP contribution in [0.25, 0.3) is 11.3 Å². The SMILES string of the molecule is COc1ccc(NC(=O)c2cn(Cc3ccccc3)nc2-c2ccccc2)cc1N1CCCC1=O. The molecule has 0 atom stereocenters. The lowest BCUT2D eigenvalue weighted by molar-refractivity contribution is -0.117. The van der Waals surface area contributed by atoms with Gasteiger partial charge < -0.3 is 15.0 Å². The van der Waals surface area contributed by atoms with Crippen LogP contribution in [0.2, 0.25) is 0 Å². The zero-order valence-corrected chi connectivity index (χ0v) is 19.5. The summed E-state index contributed by atoms with van der Waals surface area (Å²) < 4.78 is 7.25. The van der Waals surface area contributed by atoms with Gasteiger partial charge in [-0.25, -0.2) is 0 Å². The van der Waals surface area contributed by atoms with E-state index in [1.807, 2.05) is 60.7 Å². The van der Waals surface area contributed by atoms with Crippen LogP contribution >= 0.6 is 0 Å². The molecule has 7 heteroatoms. The highest BCUT2D eigenvalue weighted by Crippen LogP contribution is 2.34. The number of carbonyl (C=O) groups is 2. The molecule has 35 heavy (non-hydrogen) atoms. The van der Waals surface area contributed by atoms with Crippen LogP contribution in [-0.4, -0.2) is 35.2 Å². The molecule has 0 bridgehead atoms. The third-order valence-corrected chi connectivity index (χ3v) is 6.04. The normalized spacial score (nSPS) is 13.2. The monoisotopic (exact) mass is 466 g/mol. The van der Waals surface area contributed by atoms with E-state index in [1.165, 1.54) is 0 Å². The number of rotatable bonds is 7. The molecule has 0 aliphatic carbocycles. The lowest BCUT2D eigenvalue weighted by Gasteiger charge is -2.20. The molecule has 2 heterocycles. The summed E-state index contributed by atoms with van der Waals surface area (Å²) in [5, 5.41) is 7.73. The summed E-state index contributed by atoms with van der Waals surface area (Å²) in [6, 6.07) is 25.0. The molecule has 0 unspecified atom stereocenters. The molecular formula is C28H26N4O3. The second kappa shape index (κ2) is 9.85. The van der Waals surface area contributed by atoms with Crippen molar-refractivity contribution in [3.8, 4) is 17.0 Å². The Kier molecular flexibility index (Phi) is 6.30. The highest BCUT2D eigenvalue weighted by molar-refractivity contribution is 6.08. The quantitative estimate of drug-likeness (QED) is 0.417. The summed E-state index contributed by atoms with van der Waals surface area (Å²) in [6.07, 6.45) is 3.10. The topological polar surface area (TPSA) is 76.5 Å². The maximum Gasteiger partial charge on any atom is 0.259 e. The molecular weight excluding hydrogens is 440 g/mol. The predicted molar refractivity (Wildman–Crippen MR) is 136 cm³/mol.